The predicted molar refractivity (Wildman–Crippen MR) is 76.5 cm³/mol. The Morgan fingerprint density at radius 1 is 1.58 bits per heavy atom. The van der Waals surface area contributed by atoms with Gasteiger partial charge in [-0.05, 0) is 13.0 Å². The minimum atomic E-state index is 0.254. The van der Waals surface area contributed by atoms with E-state index in [-0.39, 0.29) is 11.9 Å². The molecule has 1 fully saturated rings. The van der Waals surface area contributed by atoms with E-state index < -0.39 is 0 Å². The van der Waals surface area contributed by atoms with Crippen LogP contribution in [-0.4, -0.2) is 73.3 Å². The van der Waals surface area contributed by atoms with Gasteiger partial charge in [-0.2, -0.15) is 0 Å². The molecule has 1 unspecified atom stereocenters. The second-order valence-electron chi connectivity index (χ2n) is 5.75. The van der Waals surface area contributed by atoms with Crippen molar-refractivity contribution in [2.75, 3.05) is 46.4 Å². The Balaban J connectivity index is 2.43. The molecule has 0 aliphatic carbocycles. The molecule has 1 aliphatic rings. The number of morpholine rings is 1. The maximum atomic E-state index is 8.60. The lowest BCUT2D eigenvalue weighted by Crippen LogP contribution is -2.47. The quantitative estimate of drug-likeness (QED) is 0.304. The summed E-state index contributed by atoms with van der Waals surface area (Å²) in [6.45, 7) is 9.88. The number of nitrogens with zero attached hydrogens (tertiary/aromatic N) is 3. The molecule has 0 bridgehead atoms. The number of likely N-dealkylation sites (N-methyl/N-ethyl adjacent to an activating group) is 1. The van der Waals surface area contributed by atoms with Gasteiger partial charge in [0.15, 0.2) is 0 Å². The molecule has 6 heteroatoms. The van der Waals surface area contributed by atoms with Gasteiger partial charge in [0, 0.05) is 39.1 Å². The van der Waals surface area contributed by atoms with Crippen molar-refractivity contribution >= 4 is 5.84 Å². The molecule has 19 heavy (non-hydrogen) atoms. The maximum absolute atomic E-state index is 8.60. The number of amidine groups is 1. The van der Waals surface area contributed by atoms with Crippen molar-refractivity contribution in [3.63, 3.8) is 0 Å². The van der Waals surface area contributed by atoms with E-state index in [1.54, 1.807) is 0 Å². The summed E-state index contributed by atoms with van der Waals surface area (Å²) in [7, 11) is 2.12. The van der Waals surface area contributed by atoms with Crippen LogP contribution in [0.1, 0.15) is 20.3 Å². The molecule has 6 nitrogen and oxygen atoms in total. The van der Waals surface area contributed by atoms with Crippen LogP contribution in [0.15, 0.2) is 5.16 Å². The number of ether oxygens (including phenoxy) is 1. The zero-order valence-electron chi connectivity index (χ0n) is 12.4. The van der Waals surface area contributed by atoms with Crippen LogP contribution in [-0.2, 0) is 4.74 Å². The first-order valence-electron chi connectivity index (χ1n) is 7.00. The summed E-state index contributed by atoms with van der Waals surface area (Å²) in [5.74, 6) is 0.879. The van der Waals surface area contributed by atoms with Crippen molar-refractivity contribution < 1.29 is 9.94 Å². The lowest BCUT2D eigenvalue weighted by molar-refractivity contribution is -0.0365. The monoisotopic (exact) mass is 272 g/mol. The van der Waals surface area contributed by atoms with Crippen LogP contribution >= 0.6 is 0 Å². The first-order chi connectivity index (χ1) is 9.01. The lowest BCUT2D eigenvalue weighted by atomic mass is 10.1. The predicted octanol–water partition coefficient (Wildman–Crippen LogP) is 0.412. The van der Waals surface area contributed by atoms with Crippen LogP contribution in [0, 0.1) is 5.92 Å². The molecule has 1 saturated heterocycles. The van der Waals surface area contributed by atoms with Gasteiger partial charge in [0.2, 0.25) is 0 Å². The summed E-state index contributed by atoms with van der Waals surface area (Å²) in [6, 6.07) is 0. The molecular formula is C13H28N4O2. The van der Waals surface area contributed by atoms with Crippen LogP contribution < -0.4 is 5.73 Å². The summed E-state index contributed by atoms with van der Waals surface area (Å²) >= 11 is 0. The van der Waals surface area contributed by atoms with Crippen molar-refractivity contribution in [3.05, 3.63) is 0 Å². The third-order valence-corrected chi connectivity index (χ3v) is 3.24. The van der Waals surface area contributed by atoms with Crippen LogP contribution in [0.5, 0.6) is 0 Å². The molecule has 112 valence electrons. The molecule has 0 saturated carbocycles. The van der Waals surface area contributed by atoms with Crippen molar-refractivity contribution in [2.45, 2.75) is 26.4 Å². The van der Waals surface area contributed by atoms with Crippen molar-refractivity contribution in [1.29, 1.82) is 0 Å². The van der Waals surface area contributed by atoms with Gasteiger partial charge in [0.1, 0.15) is 5.84 Å². The molecule has 3 N–H and O–H groups in total. The van der Waals surface area contributed by atoms with Gasteiger partial charge in [0.25, 0.3) is 0 Å². The Hall–Kier alpha value is -0.850. The minimum absolute atomic E-state index is 0.254. The largest absolute Gasteiger partial charge is 0.409 e. The molecule has 1 heterocycles. The number of hydrogen-bond acceptors (Lipinski definition) is 5. The van der Waals surface area contributed by atoms with E-state index in [9.17, 15) is 0 Å². The Morgan fingerprint density at radius 3 is 2.89 bits per heavy atom. The van der Waals surface area contributed by atoms with Crippen LogP contribution in [0.2, 0.25) is 0 Å². The van der Waals surface area contributed by atoms with E-state index in [1.807, 2.05) is 0 Å². The standard InChI is InChI=1S/C13H28N4O2/c1-11(2)8-17(5-4-13(14)15-18)10-12-9-16(3)6-7-19-12/h11-12,18H,4-10H2,1-3H3,(H2,14,15). The topological polar surface area (TPSA) is 74.3 Å². The van der Waals surface area contributed by atoms with E-state index in [0.29, 0.717) is 12.3 Å². The Labute approximate surface area is 116 Å². The van der Waals surface area contributed by atoms with Crippen LogP contribution in [0.4, 0.5) is 0 Å². The molecule has 0 spiro atoms. The van der Waals surface area contributed by atoms with Gasteiger partial charge >= 0.3 is 0 Å². The molecule has 0 aromatic rings. The van der Waals surface area contributed by atoms with E-state index in [0.717, 1.165) is 39.3 Å². The van der Waals surface area contributed by atoms with Crippen LogP contribution in [0.25, 0.3) is 0 Å². The fraction of sp³-hybridized carbons (Fsp3) is 0.923. The molecule has 1 aliphatic heterocycles. The summed E-state index contributed by atoms with van der Waals surface area (Å²) in [4.78, 5) is 4.64. The van der Waals surface area contributed by atoms with E-state index in [1.165, 1.54) is 0 Å². The molecule has 0 radical (unpaired) electrons. The second-order valence-corrected chi connectivity index (χ2v) is 5.75. The molecule has 0 aromatic heterocycles. The van der Waals surface area contributed by atoms with Gasteiger partial charge in [-0.15, -0.1) is 0 Å². The summed E-state index contributed by atoms with van der Waals surface area (Å²) in [5.41, 5.74) is 5.54. The smallest absolute Gasteiger partial charge is 0.140 e. The van der Waals surface area contributed by atoms with Gasteiger partial charge in [0.05, 0.1) is 12.7 Å². The number of hydrogen-bond donors (Lipinski definition) is 2. The normalized spacial score (nSPS) is 22.4. The molecule has 1 rings (SSSR count). The highest BCUT2D eigenvalue weighted by atomic mass is 16.5. The minimum Gasteiger partial charge on any atom is -0.409 e. The first kappa shape index (κ1) is 16.2. The van der Waals surface area contributed by atoms with Crippen molar-refractivity contribution in [3.8, 4) is 0 Å². The van der Waals surface area contributed by atoms with Crippen molar-refractivity contribution in [1.82, 2.24) is 9.80 Å². The maximum Gasteiger partial charge on any atom is 0.140 e. The molecule has 0 amide bonds. The molecule has 0 aromatic carbocycles. The Morgan fingerprint density at radius 2 is 2.32 bits per heavy atom. The summed E-state index contributed by atoms with van der Waals surface area (Å²) in [6.07, 6.45) is 0.844. The fourth-order valence-electron chi connectivity index (χ4n) is 2.36. The first-order valence-corrected chi connectivity index (χ1v) is 7.00. The number of oxime groups is 1. The number of rotatable bonds is 7. The summed E-state index contributed by atoms with van der Waals surface area (Å²) in [5, 5.41) is 11.6. The third kappa shape index (κ3) is 6.75. The zero-order valence-corrected chi connectivity index (χ0v) is 12.4. The highest BCUT2D eigenvalue weighted by Crippen LogP contribution is 2.08. The fourth-order valence-corrected chi connectivity index (χ4v) is 2.36. The summed E-state index contributed by atoms with van der Waals surface area (Å²) < 4.78 is 5.80. The lowest BCUT2D eigenvalue weighted by Gasteiger charge is -2.34. The van der Waals surface area contributed by atoms with Crippen LogP contribution in [0.3, 0.4) is 0 Å². The average molecular weight is 272 g/mol. The highest BCUT2D eigenvalue weighted by Gasteiger charge is 2.21. The number of nitrogens with two attached hydrogens (primary N) is 1. The van der Waals surface area contributed by atoms with Gasteiger partial charge in [-0.25, -0.2) is 0 Å². The highest BCUT2D eigenvalue weighted by molar-refractivity contribution is 5.79. The van der Waals surface area contributed by atoms with Gasteiger partial charge in [-0.1, -0.05) is 19.0 Å². The van der Waals surface area contributed by atoms with E-state index >= 15 is 0 Å². The second kappa shape index (κ2) is 8.35. The molecule has 1 atom stereocenters. The van der Waals surface area contributed by atoms with Gasteiger partial charge in [-0.3, -0.25) is 0 Å². The van der Waals surface area contributed by atoms with Crippen molar-refractivity contribution in [2.24, 2.45) is 16.8 Å². The SMILES string of the molecule is CC(C)CN(CCC(N)=NO)CC1CN(C)CCO1. The van der Waals surface area contributed by atoms with E-state index in [4.69, 9.17) is 15.7 Å². The zero-order chi connectivity index (χ0) is 14.3. The van der Waals surface area contributed by atoms with Gasteiger partial charge < -0.3 is 25.5 Å². The molecular weight excluding hydrogens is 244 g/mol. The van der Waals surface area contributed by atoms with E-state index in [2.05, 4.69) is 35.9 Å². The Kier molecular flexibility index (Phi) is 7.12. The average Bonchev–Trinajstić information content (AvgIpc) is 2.35. The Bertz CT molecular complexity index is 284. The third-order valence-electron chi connectivity index (χ3n) is 3.24.